The molecule has 0 spiro atoms. The number of esters is 2. The fourth-order valence-corrected chi connectivity index (χ4v) is 3.72. The zero-order valence-electron chi connectivity index (χ0n) is 20.7. The van der Waals surface area contributed by atoms with Gasteiger partial charge in [0, 0.05) is 6.42 Å². The van der Waals surface area contributed by atoms with Gasteiger partial charge in [-0.25, -0.2) is 4.79 Å². The van der Waals surface area contributed by atoms with Gasteiger partial charge >= 0.3 is 11.9 Å². The van der Waals surface area contributed by atoms with E-state index in [2.05, 4.69) is 45.0 Å². The number of rotatable bonds is 12. The molecule has 0 amide bonds. The number of carbonyl (C=O) groups excluding carboxylic acids is 2. The molecule has 0 aliphatic heterocycles. The van der Waals surface area contributed by atoms with E-state index in [0.29, 0.717) is 31.1 Å². The van der Waals surface area contributed by atoms with Crippen LogP contribution in [0.15, 0.2) is 48.5 Å². The molecule has 0 radical (unpaired) electrons. The SMILES string of the molecule is COC(=O)CCCCC(COCc1ccc(C(C)(C)C)cc1)Cc1ccc(C(=O)OC)cc1. The molecule has 2 rings (SSSR count). The van der Waals surface area contributed by atoms with Crippen molar-refractivity contribution in [1.82, 2.24) is 0 Å². The molecule has 5 nitrogen and oxygen atoms in total. The summed E-state index contributed by atoms with van der Waals surface area (Å²) in [6.07, 6.45) is 3.99. The first kappa shape index (κ1) is 26.6. The molecule has 0 bridgehead atoms. The van der Waals surface area contributed by atoms with E-state index in [0.717, 1.165) is 36.8 Å². The summed E-state index contributed by atoms with van der Waals surface area (Å²) in [5.74, 6) is -0.179. The quantitative estimate of drug-likeness (QED) is 0.296. The molecule has 0 N–H and O–H groups in total. The van der Waals surface area contributed by atoms with E-state index in [1.54, 1.807) is 12.1 Å². The first-order valence-electron chi connectivity index (χ1n) is 11.6. The van der Waals surface area contributed by atoms with Crippen LogP contribution in [0.4, 0.5) is 0 Å². The Morgan fingerprint density at radius 3 is 2.06 bits per heavy atom. The lowest BCUT2D eigenvalue weighted by molar-refractivity contribution is -0.140. The van der Waals surface area contributed by atoms with Crippen molar-refractivity contribution in [2.24, 2.45) is 5.92 Å². The lowest BCUT2D eigenvalue weighted by Gasteiger charge is -2.20. The van der Waals surface area contributed by atoms with Crippen LogP contribution in [0, 0.1) is 5.92 Å². The molecule has 0 aliphatic rings. The second-order valence-electron chi connectivity index (χ2n) is 9.54. The molecule has 0 fully saturated rings. The summed E-state index contributed by atoms with van der Waals surface area (Å²) in [7, 11) is 2.81. The average Bonchev–Trinajstić information content (AvgIpc) is 2.81. The minimum Gasteiger partial charge on any atom is -0.469 e. The zero-order valence-corrected chi connectivity index (χ0v) is 20.7. The normalized spacial score (nSPS) is 12.3. The molecular weight excluding hydrogens is 416 g/mol. The summed E-state index contributed by atoms with van der Waals surface area (Å²) in [4.78, 5) is 23.1. The van der Waals surface area contributed by atoms with Crippen molar-refractivity contribution in [2.45, 2.75) is 64.9 Å². The Hall–Kier alpha value is -2.66. The standard InChI is InChI=1S/C28H38O5/c1-28(2,3)25-16-12-22(13-17-25)19-33-20-23(8-6-7-9-26(29)31-4)18-21-10-14-24(15-11-21)27(30)32-5/h10-17,23H,6-9,18-20H2,1-5H3. The Balaban J connectivity index is 1.93. The van der Waals surface area contributed by atoms with E-state index in [-0.39, 0.29) is 17.4 Å². The molecule has 0 aromatic heterocycles. The van der Waals surface area contributed by atoms with Crippen LogP contribution in [-0.4, -0.2) is 32.8 Å². The van der Waals surface area contributed by atoms with Crippen LogP contribution in [-0.2, 0) is 37.4 Å². The van der Waals surface area contributed by atoms with E-state index in [9.17, 15) is 9.59 Å². The van der Waals surface area contributed by atoms with Gasteiger partial charge in [-0.1, -0.05) is 63.6 Å². The van der Waals surface area contributed by atoms with E-state index in [1.165, 1.54) is 19.8 Å². The molecular formula is C28H38O5. The van der Waals surface area contributed by atoms with Crippen molar-refractivity contribution in [3.63, 3.8) is 0 Å². The lowest BCUT2D eigenvalue weighted by atomic mass is 9.87. The Bertz CT molecular complexity index is 863. The second kappa shape index (κ2) is 13.1. The van der Waals surface area contributed by atoms with E-state index in [1.807, 2.05) is 12.1 Å². The van der Waals surface area contributed by atoms with Crippen molar-refractivity contribution in [3.8, 4) is 0 Å². The third-order valence-corrected chi connectivity index (χ3v) is 5.81. The Morgan fingerprint density at radius 1 is 0.848 bits per heavy atom. The van der Waals surface area contributed by atoms with Crippen LogP contribution in [0.2, 0.25) is 0 Å². The summed E-state index contributed by atoms with van der Waals surface area (Å²) >= 11 is 0. The Morgan fingerprint density at radius 2 is 1.48 bits per heavy atom. The third-order valence-electron chi connectivity index (χ3n) is 5.81. The van der Waals surface area contributed by atoms with Gasteiger partial charge in [0.25, 0.3) is 0 Å². The van der Waals surface area contributed by atoms with Gasteiger partial charge in [0.1, 0.15) is 0 Å². The molecule has 5 heteroatoms. The molecule has 0 heterocycles. The largest absolute Gasteiger partial charge is 0.469 e. The summed E-state index contributed by atoms with van der Waals surface area (Å²) in [5.41, 5.74) is 4.31. The minimum absolute atomic E-state index is 0.137. The van der Waals surface area contributed by atoms with Crippen molar-refractivity contribution in [3.05, 3.63) is 70.8 Å². The predicted octanol–water partition coefficient (Wildman–Crippen LogP) is 5.88. The van der Waals surface area contributed by atoms with Gasteiger partial charge in [-0.2, -0.15) is 0 Å². The molecule has 2 aromatic carbocycles. The number of unbranched alkanes of at least 4 members (excludes halogenated alkanes) is 1. The van der Waals surface area contributed by atoms with Gasteiger partial charge in [-0.3, -0.25) is 4.79 Å². The molecule has 0 aliphatic carbocycles. The van der Waals surface area contributed by atoms with Crippen molar-refractivity contribution >= 4 is 11.9 Å². The smallest absolute Gasteiger partial charge is 0.337 e. The monoisotopic (exact) mass is 454 g/mol. The van der Waals surface area contributed by atoms with Gasteiger partial charge in [-0.05, 0) is 59.4 Å². The van der Waals surface area contributed by atoms with Crippen LogP contribution < -0.4 is 0 Å². The molecule has 0 saturated heterocycles. The van der Waals surface area contributed by atoms with Gasteiger partial charge in [0.15, 0.2) is 0 Å². The maximum Gasteiger partial charge on any atom is 0.337 e. The first-order valence-corrected chi connectivity index (χ1v) is 11.6. The lowest BCUT2D eigenvalue weighted by Crippen LogP contribution is -2.14. The number of hydrogen-bond acceptors (Lipinski definition) is 5. The highest BCUT2D eigenvalue weighted by molar-refractivity contribution is 5.89. The summed E-state index contributed by atoms with van der Waals surface area (Å²) in [6, 6.07) is 16.2. The maximum atomic E-state index is 11.7. The van der Waals surface area contributed by atoms with Crippen molar-refractivity contribution in [2.75, 3.05) is 20.8 Å². The van der Waals surface area contributed by atoms with Gasteiger partial charge in [-0.15, -0.1) is 0 Å². The molecule has 1 unspecified atom stereocenters. The maximum absolute atomic E-state index is 11.7. The first-order chi connectivity index (χ1) is 15.7. The molecule has 33 heavy (non-hydrogen) atoms. The molecule has 1 atom stereocenters. The topological polar surface area (TPSA) is 61.8 Å². The predicted molar refractivity (Wildman–Crippen MR) is 130 cm³/mol. The highest BCUT2D eigenvalue weighted by Crippen LogP contribution is 2.23. The average molecular weight is 455 g/mol. The molecule has 180 valence electrons. The number of methoxy groups -OCH3 is 2. The Kier molecular flexibility index (Phi) is 10.6. The number of benzene rings is 2. The molecule has 0 saturated carbocycles. The minimum atomic E-state index is -0.332. The van der Waals surface area contributed by atoms with Crippen molar-refractivity contribution in [1.29, 1.82) is 0 Å². The van der Waals surface area contributed by atoms with Crippen LogP contribution in [0.1, 0.15) is 73.5 Å². The highest BCUT2D eigenvalue weighted by atomic mass is 16.5. The van der Waals surface area contributed by atoms with Crippen LogP contribution in [0.25, 0.3) is 0 Å². The highest BCUT2D eigenvalue weighted by Gasteiger charge is 2.14. The Labute approximate surface area is 198 Å². The second-order valence-corrected chi connectivity index (χ2v) is 9.54. The van der Waals surface area contributed by atoms with E-state index < -0.39 is 0 Å². The fraction of sp³-hybridized carbons (Fsp3) is 0.500. The summed E-state index contributed by atoms with van der Waals surface area (Å²) in [6.45, 7) is 7.84. The van der Waals surface area contributed by atoms with Gasteiger partial charge in [0.05, 0.1) is 33.0 Å². The van der Waals surface area contributed by atoms with Gasteiger partial charge < -0.3 is 14.2 Å². The van der Waals surface area contributed by atoms with Crippen LogP contribution in [0.3, 0.4) is 0 Å². The fourth-order valence-electron chi connectivity index (χ4n) is 3.72. The summed E-state index contributed by atoms with van der Waals surface area (Å²) in [5, 5.41) is 0. The van der Waals surface area contributed by atoms with Crippen LogP contribution in [0.5, 0.6) is 0 Å². The van der Waals surface area contributed by atoms with E-state index >= 15 is 0 Å². The molecule has 2 aromatic rings. The van der Waals surface area contributed by atoms with E-state index in [4.69, 9.17) is 14.2 Å². The number of carbonyl (C=O) groups is 2. The third kappa shape index (κ3) is 9.39. The zero-order chi connectivity index (χ0) is 24.3. The van der Waals surface area contributed by atoms with Crippen molar-refractivity contribution < 1.29 is 23.8 Å². The number of hydrogen-bond donors (Lipinski definition) is 0. The summed E-state index contributed by atoms with van der Waals surface area (Å²) < 4.78 is 15.6. The van der Waals surface area contributed by atoms with Crippen LogP contribution >= 0.6 is 0 Å². The number of ether oxygens (including phenoxy) is 3. The van der Waals surface area contributed by atoms with Gasteiger partial charge in [0.2, 0.25) is 0 Å².